The molecule has 174 valence electrons. The fourth-order valence-electron chi connectivity index (χ4n) is 5.49. The number of phenols is 1. The summed E-state index contributed by atoms with van der Waals surface area (Å²) in [6.45, 7) is 5.18. The quantitative estimate of drug-likeness (QED) is 0.586. The number of nitrogens with zero attached hydrogens (tertiary/aromatic N) is 1. The Morgan fingerprint density at radius 1 is 1.22 bits per heavy atom. The molecule has 2 heterocycles. The molecule has 2 aliphatic heterocycles. The Kier molecular flexibility index (Phi) is 6.54. The Labute approximate surface area is 196 Å². The topological polar surface area (TPSA) is 85.3 Å². The van der Waals surface area contributed by atoms with Gasteiger partial charge in [0.05, 0.1) is 29.1 Å². The van der Waals surface area contributed by atoms with Crippen molar-refractivity contribution in [1.82, 2.24) is 4.90 Å². The van der Waals surface area contributed by atoms with Crippen LogP contribution in [0.4, 0.5) is 0 Å². The van der Waals surface area contributed by atoms with E-state index in [0.29, 0.717) is 41.1 Å². The lowest BCUT2D eigenvalue weighted by Gasteiger charge is -2.41. The van der Waals surface area contributed by atoms with E-state index in [-0.39, 0.29) is 46.9 Å². The first-order chi connectivity index (χ1) is 15.3. The molecule has 0 saturated heterocycles. The minimum atomic E-state index is -0.596. The third-order valence-electron chi connectivity index (χ3n) is 6.86. The van der Waals surface area contributed by atoms with Crippen LogP contribution in [0.15, 0.2) is 27.9 Å². The number of amides is 1. The van der Waals surface area contributed by atoms with Crippen LogP contribution in [0, 0.1) is 17.8 Å². The van der Waals surface area contributed by atoms with Crippen LogP contribution in [0.25, 0.3) is 0 Å². The lowest BCUT2D eigenvalue weighted by Crippen LogP contribution is -2.45. The van der Waals surface area contributed by atoms with E-state index in [1.54, 1.807) is 24.1 Å². The largest absolute Gasteiger partial charge is 0.503 e. The van der Waals surface area contributed by atoms with E-state index < -0.39 is 6.04 Å². The summed E-state index contributed by atoms with van der Waals surface area (Å²) in [7, 11) is 3.09. The fraction of sp³-hybridized carbons (Fsp3) is 0.583. The smallest absolute Gasteiger partial charge is 0.290 e. The van der Waals surface area contributed by atoms with Crippen LogP contribution in [0.2, 0.25) is 0 Å². The first kappa shape index (κ1) is 23.1. The molecule has 0 spiro atoms. The molecule has 32 heavy (non-hydrogen) atoms. The molecule has 7 nitrogen and oxygen atoms in total. The molecule has 1 aromatic carbocycles. The number of rotatable bonds is 6. The molecule has 5 unspecified atom stereocenters. The highest BCUT2D eigenvalue weighted by atomic mass is 79.9. The van der Waals surface area contributed by atoms with Gasteiger partial charge in [-0.3, -0.25) is 9.59 Å². The van der Waals surface area contributed by atoms with E-state index in [0.717, 1.165) is 12.8 Å². The number of aromatic hydroxyl groups is 1. The summed E-state index contributed by atoms with van der Waals surface area (Å²) < 4.78 is 17.2. The van der Waals surface area contributed by atoms with Gasteiger partial charge in [0.25, 0.3) is 5.91 Å². The van der Waals surface area contributed by atoms with Crippen molar-refractivity contribution in [3.8, 4) is 11.5 Å². The van der Waals surface area contributed by atoms with Crippen LogP contribution < -0.4 is 4.74 Å². The number of carbonyl (C=O) groups excluding carboxylic acids is 2. The van der Waals surface area contributed by atoms with Crippen LogP contribution in [0.3, 0.4) is 0 Å². The van der Waals surface area contributed by atoms with E-state index in [4.69, 9.17) is 14.2 Å². The maximum absolute atomic E-state index is 13.8. The molecule has 1 N–H and O–H groups in total. The van der Waals surface area contributed by atoms with Crippen LogP contribution in [-0.4, -0.2) is 55.2 Å². The Hall–Kier alpha value is -2.06. The van der Waals surface area contributed by atoms with Gasteiger partial charge in [-0.2, -0.15) is 0 Å². The number of fused-ring (bicyclic) bond motifs is 1. The second kappa shape index (κ2) is 9.06. The average molecular weight is 508 g/mol. The van der Waals surface area contributed by atoms with E-state index in [1.165, 1.54) is 7.11 Å². The zero-order chi connectivity index (χ0) is 23.2. The third kappa shape index (κ3) is 3.81. The number of phenolic OH excluding ortho intramolecular Hbond substituents is 1. The minimum absolute atomic E-state index is 0.00501. The summed E-state index contributed by atoms with van der Waals surface area (Å²) >= 11 is 3.37. The maximum atomic E-state index is 13.8. The SMILES string of the molecule is COCCCN1C(=O)C2=C(C(=O)C3CC(C)CC(C)C3O2)C1c1cc(Br)c(O)c(OC)c1. The van der Waals surface area contributed by atoms with Crippen molar-refractivity contribution in [2.45, 2.75) is 45.3 Å². The summed E-state index contributed by atoms with van der Waals surface area (Å²) in [5.74, 6) is 0.562. The van der Waals surface area contributed by atoms with E-state index in [2.05, 4.69) is 29.8 Å². The lowest BCUT2D eigenvalue weighted by atomic mass is 9.70. The number of Topliss-reactive ketones (excluding diaryl/α,β-unsaturated/α-hetero) is 1. The highest BCUT2D eigenvalue weighted by Crippen LogP contribution is 2.50. The number of halogens is 1. The molecule has 0 aromatic heterocycles. The normalized spacial score (nSPS) is 29.7. The second-order valence-electron chi connectivity index (χ2n) is 9.15. The molecule has 1 aromatic rings. The molecule has 3 aliphatic rings. The van der Waals surface area contributed by atoms with Crippen molar-refractivity contribution in [2.24, 2.45) is 17.8 Å². The van der Waals surface area contributed by atoms with Gasteiger partial charge in [0.15, 0.2) is 23.0 Å². The monoisotopic (exact) mass is 507 g/mol. The van der Waals surface area contributed by atoms with Gasteiger partial charge in [0.2, 0.25) is 0 Å². The lowest BCUT2D eigenvalue weighted by molar-refractivity contribution is -0.139. The maximum Gasteiger partial charge on any atom is 0.290 e. The number of hydrogen-bond donors (Lipinski definition) is 1. The molecular weight excluding hydrogens is 478 g/mol. The van der Waals surface area contributed by atoms with E-state index in [9.17, 15) is 14.7 Å². The van der Waals surface area contributed by atoms with Crippen LogP contribution in [0.1, 0.15) is 44.7 Å². The minimum Gasteiger partial charge on any atom is -0.503 e. The molecule has 1 aliphatic carbocycles. The first-order valence-electron chi connectivity index (χ1n) is 11.1. The van der Waals surface area contributed by atoms with Crippen LogP contribution in [0.5, 0.6) is 11.5 Å². The van der Waals surface area contributed by atoms with Crippen molar-refractivity contribution < 1.29 is 28.9 Å². The highest BCUT2D eigenvalue weighted by Gasteiger charge is 2.53. The van der Waals surface area contributed by atoms with E-state index >= 15 is 0 Å². The molecule has 1 saturated carbocycles. The fourth-order valence-corrected chi connectivity index (χ4v) is 5.95. The first-order valence-corrected chi connectivity index (χ1v) is 11.9. The van der Waals surface area contributed by atoms with Crippen LogP contribution in [-0.2, 0) is 19.1 Å². The number of carbonyl (C=O) groups is 2. The van der Waals surface area contributed by atoms with Gasteiger partial charge in [-0.25, -0.2) is 0 Å². The number of ketones is 1. The van der Waals surface area contributed by atoms with Crippen molar-refractivity contribution in [2.75, 3.05) is 27.4 Å². The second-order valence-corrected chi connectivity index (χ2v) is 10.0. The molecule has 1 amide bonds. The molecule has 0 radical (unpaired) electrons. The Morgan fingerprint density at radius 2 is 1.97 bits per heavy atom. The molecule has 8 heteroatoms. The van der Waals surface area contributed by atoms with E-state index in [1.807, 2.05) is 0 Å². The molecule has 1 fully saturated rings. The third-order valence-corrected chi connectivity index (χ3v) is 7.47. The average Bonchev–Trinajstić information content (AvgIpc) is 3.03. The zero-order valence-electron chi connectivity index (χ0n) is 18.9. The molecule has 5 atom stereocenters. The Morgan fingerprint density at radius 3 is 2.66 bits per heavy atom. The molecule has 4 rings (SSSR count). The summed E-state index contributed by atoms with van der Waals surface area (Å²) in [5.41, 5.74) is 1.12. The summed E-state index contributed by atoms with van der Waals surface area (Å²) in [6, 6.07) is 2.82. The summed E-state index contributed by atoms with van der Waals surface area (Å²) in [4.78, 5) is 29.0. The number of methoxy groups -OCH3 is 2. The standard InChI is InChI=1S/C24H30BrNO6/c1-12-8-13(2)22-15(9-12)20(27)18-19(14-10-16(25)21(28)17(11-14)31-4)26(6-5-7-30-3)24(29)23(18)32-22/h10-13,15,19,22,28H,5-9H2,1-4H3. The number of ether oxygens (including phenoxy) is 3. The van der Waals surface area contributed by atoms with Gasteiger partial charge in [0.1, 0.15) is 6.10 Å². The van der Waals surface area contributed by atoms with Crippen molar-refractivity contribution in [3.63, 3.8) is 0 Å². The Balaban J connectivity index is 1.80. The van der Waals surface area contributed by atoms with Crippen LogP contribution >= 0.6 is 15.9 Å². The predicted octanol–water partition coefficient (Wildman–Crippen LogP) is 3.99. The number of hydrogen-bond acceptors (Lipinski definition) is 6. The highest BCUT2D eigenvalue weighted by molar-refractivity contribution is 9.10. The number of benzene rings is 1. The van der Waals surface area contributed by atoms with Gasteiger partial charge >= 0.3 is 0 Å². The van der Waals surface area contributed by atoms with Gasteiger partial charge < -0.3 is 24.2 Å². The van der Waals surface area contributed by atoms with Crippen molar-refractivity contribution in [1.29, 1.82) is 0 Å². The molecule has 0 bridgehead atoms. The summed E-state index contributed by atoms with van der Waals surface area (Å²) in [6.07, 6.45) is 2.11. The Bertz CT molecular complexity index is 960. The van der Waals surface area contributed by atoms with Gasteiger partial charge in [-0.15, -0.1) is 0 Å². The van der Waals surface area contributed by atoms with Gasteiger partial charge in [0, 0.05) is 20.3 Å². The summed E-state index contributed by atoms with van der Waals surface area (Å²) in [5, 5.41) is 10.3. The van der Waals surface area contributed by atoms with Gasteiger partial charge in [-0.1, -0.05) is 13.8 Å². The molecular formula is C24H30BrNO6. The van der Waals surface area contributed by atoms with Crippen molar-refractivity contribution in [3.05, 3.63) is 33.5 Å². The van der Waals surface area contributed by atoms with Gasteiger partial charge in [-0.05, 0) is 64.7 Å². The zero-order valence-corrected chi connectivity index (χ0v) is 20.5. The van der Waals surface area contributed by atoms with Crippen molar-refractivity contribution >= 4 is 27.6 Å². The predicted molar refractivity (Wildman–Crippen MR) is 121 cm³/mol.